The number of benzene rings is 3. The van der Waals surface area contributed by atoms with Crippen molar-refractivity contribution in [3.8, 4) is 11.5 Å². The minimum atomic E-state index is -0.925. The van der Waals surface area contributed by atoms with Crippen LogP contribution in [0.25, 0.3) is 21.7 Å². The number of nitrogens with zero attached hydrogens (tertiary/aromatic N) is 2. The molecule has 0 amide bonds. The standard InChI is InChI=1S/C32H30N2O3/c35-23-9-7-20-14-24-32(36)15-22-21-8-6-18-2-1-3-19-10-12-34(27(21)25(18)19)28(22)30-31(32,26(20)29(23)37-30)11-13-33(24)16-17-4-5-17/h1-3,6-9,17,24,30,35-36H,4-5,10-16H2/t24-,30?,31+,32-/m1/s1. The predicted octanol–water partition coefficient (Wildman–Crippen LogP) is 4.76. The van der Waals surface area contributed by atoms with Gasteiger partial charge in [0.25, 0.3) is 0 Å². The Balaban J connectivity index is 1.30. The van der Waals surface area contributed by atoms with Gasteiger partial charge in [0.1, 0.15) is 0 Å². The molecule has 1 saturated carbocycles. The van der Waals surface area contributed by atoms with E-state index < -0.39 is 11.0 Å². The van der Waals surface area contributed by atoms with Gasteiger partial charge in [-0.05, 0) is 72.7 Å². The first-order chi connectivity index (χ1) is 18.1. The zero-order valence-electron chi connectivity index (χ0n) is 20.8. The van der Waals surface area contributed by atoms with Crippen molar-refractivity contribution in [2.75, 3.05) is 13.1 Å². The molecule has 1 spiro atoms. The number of aryl methyl sites for hydroxylation is 2. The van der Waals surface area contributed by atoms with Gasteiger partial charge in [0, 0.05) is 41.9 Å². The Bertz CT molecular complexity index is 1720. The van der Waals surface area contributed by atoms with Gasteiger partial charge in [-0.3, -0.25) is 4.90 Å². The highest BCUT2D eigenvalue weighted by atomic mass is 16.5. The van der Waals surface area contributed by atoms with Crippen LogP contribution in [0.2, 0.25) is 0 Å². The third kappa shape index (κ3) is 2.09. The summed E-state index contributed by atoms with van der Waals surface area (Å²) in [6.45, 7) is 3.01. The molecule has 4 heterocycles. The molecule has 4 atom stereocenters. The van der Waals surface area contributed by atoms with Gasteiger partial charge in [-0.15, -0.1) is 0 Å². The maximum atomic E-state index is 13.1. The third-order valence-electron chi connectivity index (χ3n) is 11.1. The number of phenols is 1. The molecule has 37 heavy (non-hydrogen) atoms. The van der Waals surface area contributed by atoms with Crippen molar-refractivity contribution in [3.05, 3.63) is 70.4 Å². The number of ether oxygens (including phenoxy) is 1. The number of phenolic OH excluding ortho intramolecular Hbond substituents is 1. The van der Waals surface area contributed by atoms with Gasteiger partial charge in [-0.2, -0.15) is 0 Å². The first-order valence-electron chi connectivity index (χ1n) is 14.1. The third-order valence-corrected chi connectivity index (χ3v) is 11.1. The van der Waals surface area contributed by atoms with E-state index in [1.165, 1.54) is 56.9 Å². The molecule has 1 unspecified atom stereocenters. The van der Waals surface area contributed by atoms with Crippen LogP contribution in [0.4, 0.5) is 0 Å². The molecule has 186 valence electrons. The van der Waals surface area contributed by atoms with Crippen molar-refractivity contribution in [1.29, 1.82) is 0 Å². The van der Waals surface area contributed by atoms with Crippen LogP contribution in [0, 0.1) is 5.92 Å². The molecule has 3 aliphatic carbocycles. The Morgan fingerprint density at radius 2 is 1.95 bits per heavy atom. The van der Waals surface area contributed by atoms with Crippen molar-refractivity contribution in [2.45, 2.75) is 68.2 Å². The lowest BCUT2D eigenvalue weighted by molar-refractivity contribution is -0.173. The summed E-state index contributed by atoms with van der Waals surface area (Å²) in [5.74, 6) is 1.63. The molecule has 3 aliphatic heterocycles. The second-order valence-electron chi connectivity index (χ2n) is 12.7. The lowest BCUT2D eigenvalue weighted by Crippen LogP contribution is -2.74. The molecule has 6 aliphatic rings. The number of aliphatic hydroxyl groups is 1. The van der Waals surface area contributed by atoms with Crippen LogP contribution in [0.3, 0.4) is 0 Å². The highest BCUT2D eigenvalue weighted by Crippen LogP contribution is 2.69. The summed E-state index contributed by atoms with van der Waals surface area (Å²) < 4.78 is 9.41. The minimum Gasteiger partial charge on any atom is -0.504 e. The van der Waals surface area contributed by atoms with E-state index in [2.05, 4.69) is 45.9 Å². The van der Waals surface area contributed by atoms with E-state index in [1.54, 1.807) is 0 Å². The monoisotopic (exact) mass is 490 g/mol. The number of aromatic hydroxyl groups is 1. The van der Waals surface area contributed by atoms with Gasteiger partial charge in [-0.25, -0.2) is 0 Å². The highest BCUT2D eigenvalue weighted by Gasteiger charge is 2.73. The maximum absolute atomic E-state index is 13.1. The Morgan fingerprint density at radius 1 is 1.03 bits per heavy atom. The Morgan fingerprint density at radius 3 is 2.84 bits per heavy atom. The molecule has 4 aromatic rings. The van der Waals surface area contributed by atoms with E-state index >= 15 is 0 Å². The zero-order chi connectivity index (χ0) is 24.3. The van der Waals surface area contributed by atoms with Crippen molar-refractivity contribution in [2.24, 2.45) is 5.92 Å². The van der Waals surface area contributed by atoms with E-state index in [0.717, 1.165) is 50.4 Å². The van der Waals surface area contributed by atoms with Crippen molar-refractivity contribution in [3.63, 3.8) is 0 Å². The van der Waals surface area contributed by atoms with Crippen LogP contribution in [-0.4, -0.2) is 44.4 Å². The molecule has 2 bridgehead atoms. The van der Waals surface area contributed by atoms with Crippen LogP contribution in [0.1, 0.15) is 53.3 Å². The van der Waals surface area contributed by atoms with E-state index in [9.17, 15) is 10.2 Å². The van der Waals surface area contributed by atoms with Crippen molar-refractivity contribution in [1.82, 2.24) is 9.47 Å². The first kappa shape index (κ1) is 20.0. The molecule has 3 aromatic carbocycles. The Hall–Kier alpha value is -3.02. The van der Waals surface area contributed by atoms with E-state index in [-0.39, 0.29) is 17.9 Å². The average Bonchev–Trinajstić information content (AvgIpc) is 3.56. The lowest BCUT2D eigenvalue weighted by atomic mass is 9.49. The van der Waals surface area contributed by atoms with Crippen molar-refractivity contribution >= 4 is 21.7 Å². The van der Waals surface area contributed by atoms with Gasteiger partial charge in [-0.1, -0.05) is 36.4 Å². The molecule has 1 saturated heterocycles. The number of rotatable bonds is 2. The first-order valence-corrected chi connectivity index (χ1v) is 14.1. The number of aromatic nitrogens is 1. The number of hydrogen-bond donors (Lipinski definition) is 2. The van der Waals surface area contributed by atoms with Crippen LogP contribution >= 0.6 is 0 Å². The number of hydrogen-bond acceptors (Lipinski definition) is 4. The summed E-state index contributed by atoms with van der Waals surface area (Å²) in [7, 11) is 0. The van der Waals surface area contributed by atoms with E-state index in [0.29, 0.717) is 12.2 Å². The van der Waals surface area contributed by atoms with Crippen molar-refractivity contribution < 1.29 is 14.9 Å². The van der Waals surface area contributed by atoms with E-state index in [1.807, 2.05) is 6.07 Å². The minimum absolute atomic E-state index is 0.0728. The summed E-state index contributed by atoms with van der Waals surface area (Å²) in [5.41, 5.74) is 6.18. The molecule has 0 radical (unpaired) electrons. The topological polar surface area (TPSA) is 57.9 Å². The fourth-order valence-electron chi connectivity index (χ4n) is 9.46. The smallest absolute Gasteiger partial charge is 0.166 e. The average molecular weight is 491 g/mol. The Labute approximate surface area is 215 Å². The second-order valence-corrected chi connectivity index (χ2v) is 12.7. The molecule has 5 heteroatoms. The molecule has 2 fully saturated rings. The predicted molar refractivity (Wildman–Crippen MR) is 141 cm³/mol. The van der Waals surface area contributed by atoms with Gasteiger partial charge < -0.3 is 19.5 Å². The van der Waals surface area contributed by atoms with Crippen LogP contribution in [-0.2, 0) is 31.2 Å². The normalized spacial score (nSPS) is 32.6. The molecule has 2 N–H and O–H groups in total. The quantitative estimate of drug-likeness (QED) is 0.426. The molecular weight excluding hydrogens is 460 g/mol. The molecule has 5 nitrogen and oxygen atoms in total. The number of likely N-dealkylation sites (tertiary alicyclic amines) is 1. The molecule has 1 aromatic heterocycles. The van der Waals surface area contributed by atoms with Gasteiger partial charge in [0.15, 0.2) is 17.6 Å². The fraction of sp³-hybridized carbons (Fsp3) is 0.438. The lowest BCUT2D eigenvalue weighted by Gasteiger charge is -2.63. The maximum Gasteiger partial charge on any atom is 0.166 e. The Kier molecular flexibility index (Phi) is 3.33. The summed E-state index contributed by atoms with van der Waals surface area (Å²) in [6, 6.07) is 15.2. The summed E-state index contributed by atoms with van der Waals surface area (Å²) in [5, 5.41) is 28.1. The van der Waals surface area contributed by atoms with Gasteiger partial charge >= 0.3 is 0 Å². The molecule has 10 rings (SSSR count). The largest absolute Gasteiger partial charge is 0.504 e. The van der Waals surface area contributed by atoms with Crippen LogP contribution in [0.5, 0.6) is 11.5 Å². The summed E-state index contributed by atoms with van der Waals surface area (Å²) in [4.78, 5) is 2.61. The van der Waals surface area contributed by atoms with Gasteiger partial charge in [0.05, 0.1) is 22.2 Å². The number of fused-ring (bicyclic) bond motifs is 4. The highest BCUT2D eigenvalue weighted by molar-refractivity contribution is 6.10. The second kappa shape index (κ2) is 6.16. The van der Waals surface area contributed by atoms with Crippen LogP contribution < -0.4 is 4.74 Å². The van der Waals surface area contributed by atoms with Crippen LogP contribution in [0.15, 0.2) is 42.5 Å². The zero-order valence-corrected chi connectivity index (χ0v) is 20.8. The summed E-state index contributed by atoms with van der Waals surface area (Å²) in [6.07, 6.45) is 5.72. The molecular formula is C32H30N2O3. The number of piperidine rings is 1. The fourth-order valence-corrected chi connectivity index (χ4v) is 9.46. The van der Waals surface area contributed by atoms with Gasteiger partial charge in [0.2, 0.25) is 0 Å². The SMILES string of the molecule is Oc1ccc2c3c1OC1c4c(c5ccc6cccc7c6c5n4CC7)C[C@@]4(O)[C@@H](C2)N(CC2CC2)CC[C@]314. The van der Waals surface area contributed by atoms with E-state index in [4.69, 9.17) is 4.74 Å². The summed E-state index contributed by atoms with van der Waals surface area (Å²) >= 11 is 0.